The van der Waals surface area contributed by atoms with Crippen LogP contribution in [0.4, 0.5) is 28.3 Å². The van der Waals surface area contributed by atoms with Crippen LogP contribution in [0.5, 0.6) is 5.88 Å². The number of rotatable bonds is 8. The van der Waals surface area contributed by atoms with Crippen LogP contribution in [0.3, 0.4) is 0 Å². The third kappa shape index (κ3) is 5.98. The summed E-state index contributed by atoms with van der Waals surface area (Å²) in [6.45, 7) is 7.14. The van der Waals surface area contributed by atoms with E-state index in [9.17, 15) is 27.6 Å². The number of nitriles is 1. The number of aryl methyl sites for hydroxylation is 2. The van der Waals surface area contributed by atoms with E-state index < -0.39 is 36.2 Å². The Morgan fingerprint density at radius 1 is 1.08 bits per heavy atom. The number of carbonyl (C=O) groups excluding carboxylic acids is 1. The lowest BCUT2D eigenvalue weighted by molar-refractivity contribution is -0.137. The molecule has 2 atom stereocenters. The van der Waals surface area contributed by atoms with Crippen molar-refractivity contribution >= 4 is 12.0 Å². The smallest absolute Gasteiger partial charge is 0.416 e. The molecule has 0 saturated carbocycles. The van der Waals surface area contributed by atoms with E-state index in [4.69, 9.17) is 14.5 Å². The zero-order valence-corrected chi connectivity index (χ0v) is 26.8. The Kier molecular flexibility index (Phi) is 8.44. The highest BCUT2D eigenvalue weighted by Crippen LogP contribution is 2.40. The Morgan fingerprint density at radius 3 is 2.50 bits per heavy atom. The number of hydrogen-bond donors (Lipinski definition) is 0. The number of hydrogen-bond acceptors (Lipinski definition) is 9. The molecular formula is C33H32F4N8O3. The van der Waals surface area contributed by atoms with Gasteiger partial charge < -0.3 is 14.4 Å². The molecule has 2 aliphatic heterocycles. The minimum absolute atomic E-state index is 0.0734. The first kappa shape index (κ1) is 32.7. The van der Waals surface area contributed by atoms with Crippen molar-refractivity contribution in [3.63, 3.8) is 0 Å². The maximum atomic E-state index is 13.8. The molecule has 11 nitrogen and oxygen atoms in total. The van der Waals surface area contributed by atoms with Crippen LogP contribution in [-0.2, 0) is 24.0 Å². The van der Waals surface area contributed by atoms with Crippen molar-refractivity contribution in [3.8, 4) is 34.2 Å². The van der Waals surface area contributed by atoms with Crippen molar-refractivity contribution in [2.75, 3.05) is 25.1 Å². The summed E-state index contributed by atoms with van der Waals surface area (Å²) < 4.78 is 67.6. The summed E-state index contributed by atoms with van der Waals surface area (Å²) >= 11 is 0. The number of aromatic nitrogens is 5. The second kappa shape index (κ2) is 12.4. The van der Waals surface area contributed by atoms with E-state index in [1.807, 2.05) is 19.9 Å². The van der Waals surface area contributed by atoms with Crippen molar-refractivity contribution in [1.82, 2.24) is 29.6 Å². The Labute approximate surface area is 273 Å². The van der Waals surface area contributed by atoms with Crippen LogP contribution in [0.25, 0.3) is 22.3 Å². The zero-order valence-electron chi connectivity index (χ0n) is 26.8. The Hall–Kier alpha value is -5.26. The fraction of sp³-hybridized carbons (Fsp3) is 0.394. The van der Waals surface area contributed by atoms with Crippen LogP contribution in [0.15, 0.2) is 36.7 Å². The van der Waals surface area contributed by atoms with Gasteiger partial charge in [-0.25, -0.2) is 24.1 Å². The zero-order chi connectivity index (χ0) is 34.5. The van der Waals surface area contributed by atoms with Gasteiger partial charge in [0.25, 0.3) is 0 Å². The van der Waals surface area contributed by atoms with Gasteiger partial charge in [0.15, 0.2) is 0 Å². The first-order chi connectivity index (χ1) is 22.8. The number of methoxy groups -OCH3 is 1. The van der Waals surface area contributed by atoms with Crippen molar-refractivity contribution in [2.45, 2.75) is 65.3 Å². The quantitative estimate of drug-likeness (QED) is 0.205. The van der Waals surface area contributed by atoms with Gasteiger partial charge in [-0.05, 0) is 51.5 Å². The number of alkyl halides is 4. The van der Waals surface area contributed by atoms with E-state index in [1.165, 1.54) is 12.0 Å². The van der Waals surface area contributed by atoms with Crippen LogP contribution in [0.1, 0.15) is 46.8 Å². The SMILES string of the molecule is COc1ncc(-c2c(C)nn(CC#N)c2C)cc1-c1cnc(N2CC(F)C2)nc1CN1C(=O)O[C@H](c2cc(C)cc(C(F)(F)F)c2)[C@@H]1C. The highest BCUT2D eigenvalue weighted by atomic mass is 19.4. The average Bonchev–Trinajstić information content (AvgIpc) is 3.47. The van der Waals surface area contributed by atoms with Gasteiger partial charge in [-0.3, -0.25) is 9.58 Å². The van der Waals surface area contributed by atoms with E-state index in [0.717, 1.165) is 23.4 Å². The lowest BCUT2D eigenvalue weighted by Gasteiger charge is -2.34. The molecule has 0 spiro atoms. The minimum atomic E-state index is -4.57. The summed E-state index contributed by atoms with van der Waals surface area (Å²) in [4.78, 5) is 30.2. The molecular weight excluding hydrogens is 632 g/mol. The molecule has 15 heteroatoms. The number of pyridine rings is 1. The van der Waals surface area contributed by atoms with Crippen LogP contribution in [0, 0.1) is 32.1 Å². The molecule has 5 heterocycles. The van der Waals surface area contributed by atoms with Crippen LogP contribution in [0.2, 0.25) is 0 Å². The Balaban J connectivity index is 1.41. The first-order valence-electron chi connectivity index (χ1n) is 15.2. The van der Waals surface area contributed by atoms with Gasteiger partial charge in [0.1, 0.15) is 18.8 Å². The second-order valence-corrected chi connectivity index (χ2v) is 12.0. The molecule has 6 rings (SSSR count). The van der Waals surface area contributed by atoms with Gasteiger partial charge in [0.2, 0.25) is 11.8 Å². The maximum absolute atomic E-state index is 13.8. The molecule has 3 aromatic heterocycles. The molecule has 0 radical (unpaired) electrons. The summed E-state index contributed by atoms with van der Waals surface area (Å²) in [6.07, 6.45) is -4.09. The van der Waals surface area contributed by atoms with Gasteiger partial charge in [-0.15, -0.1) is 0 Å². The molecule has 2 saturated heterocycles. The molecule has 2 aliphatic rings. The fourth-order valence-corrected chi connectivity index (χ4v) is 6.23. The molecule has 1 amide bonds. The standard InChI is InChI=1S/C33H32F4N8O3/c1-17-8-21(10-23(9-17)33(35,36)37)29-20(4)44(32(46)48-29)16-27-26(13-40-31(41-27)43-14-24(34)15-43)25-11-22(12-39-30(25)47-5)28-18(2)42-45(7-6-38)19(28)3/h8-13,20,24,29H,7,14-16H2,1-5H3/t20-,29-/m0/s1. The van der Waals surface area contributed by atoms with Gasteiger partial charge in [-0.2, -0.15) is 23.5 Å². The highest BCUT2D eigenvalue weighted by molar-refractivity contribution is 5.79. The van der Waals surface area contributed by atoms with Crippen molar-refractivity contribution in [2.24, 2.45) is 0 Å². The monoisotopic (exact) mass is 664 g/mol. The van der Waals surface area contributed by atoms with Crippen molar-refractivity contribution < 1.29 is 31.8 Å². The number of nitrogens with zero attached hydrogens (tertiary/aromatic N) is 8. The predicted molar refractivity (Wildman–Crippen MR) is 166 cm³/mol. The summed E-state index contributed by atoms with van der Waals surface area (Å²) in [5.74, 6) is 0.513. The molecule has 0 N–H and O–H groups in total. The molecule has 0 aliphatic carbocycles. The molecule has 1 aromatic carbocycles. The number of anilines is 1. The van der Waals surface area contributed by atoms with E-state index in [0.29, 0.717) is 33.6 Å². The number of cyclic esters (lactones) is 1. The molecule has 250 valence electrons. The minimum Gasteiger partial charge on any atom is -0.481 e. The van der Waals surface area contributed by atoms with Crippen LogP contribution < -0.4 is 9.64 Å². The van der Waals surface area contributed by atoms with E-state index >= 15 is 0 Å². The number of benzene rings is 1. The molecule has 0 unspecified atom stereocenters. The largest absolute Gasteiger partial charge is 0.481 e. The average molecular weight is 665 g/mol. The third-order valence-electron chi connectivity index (χ3n) is 8.67. The molecule has 2 fully saturated rings. The number of halogens is 4. The van der Waals surface area contributed by atoms with E-state index in [1.54, 1.807) is 41.9 Å². The summed E-state index contributed by atoms with van der Waals surface area (Å²) in [5.41, 5.74) is 4.06. The van der Waals surface area contributed by atoms with Crippen molar-refractivity contribution in [1.29, 1.82) is 5.26 Å². The van der Waals surface area contributed by atoms with Crippen LogP contribution in [-0.4, -0.2) is 68.1 Å². The summed E-state index contributed by atoms with van der Waals surface area (Å²) in [5, 5.41) is 13.7. The van der Waals surface area contributed by atoms with Crippen LogP contribution >= 0.6 is 0 Å². The van der Waals surface area contributed by atoms with Gasteiger partial charge in [-0.1, -0.05) is 11.6 Å². The first-order valence-corrected chi connectivity index (χ1v) is 15.2. The maximum Gasteiger partial charge on any atom is 0.416 e. The summed E-state index contributed by atoms with van der Waals surface area (Å²) in [6, 6.07) is 6.88. The number of amides is 1. The highest BCUT2D eigenvalue weighted by Gasteiger charge is 2.42. The van der Waals surface area contributed by atoms with Gasteiger partial charge in [0, 0.05) is 40.3 Å². The van der Waals surface area contributed by atoms with E-state index in [-0.39, 0.29) is 43.6 Å². The Bertz CT molecular complexity index is 1930. The predicted octanol–water partition coefficient (Wildman–Crippen LogP) is 6.12. The lowest BCUT2D eigenvalue weighted by atomic mass is 9.97. The molecule has 4 aromatic rings. The molecule has 48 heavy (non-hydrogen) atoms. The third-order valence-corrected chi connectivity index (χ3v) is 8.67. The van der Waals surface area contributed by atoms with E-state index in [2.05, 4.69) is 21.1 Å². The lowest BCUT2D eigenvalue weighted by Crippen LogP contribution is -2.49. The van der Waals surface area contributed by atoms with Gasteiger partial charge in [0.05, 0.1) is 55.8 Å². The normalized spacial score (nSPS) is 18.1. The second-order valence-electron chi connectivity index (χ2n) is 12.0. The number of ether oxygens (including phenoxy) is 2. The Morgan fingerprint density at radius 2 is 1.83 bits per heavy atom. The van der Waals surface area contributed by atoms with Gasteiger partial charge >= 0.3 is 12.3 Å². The summed E-state index contributed by atoms with van der Waals surface area (Å²) in [7, 11) is 1.46. The fourth-order valence-electron chi connectivity index (χ4n) is 6.23. The topological polar surface area (TPSA) is 122 Å². The molecule has 0 bridgehead atoms. The number of carbonyl (C=O) groups is 1. The van der Waals surface area contributed by atoms with Crippen molar-refractivity contribution in [3.05, 3.63) is 70.4 Å².